The van der Waals surface area contributed by atoms with Crippen LogP contribution < -0.4 is 10.2 Å². The van der Waals surface area contributed by atoms with Crippen LogP contribution in [0.2, 0.25) is 0 Å². The number of hydrogen-bond acceptors (Lipinski definition) is 3. The van der Waals surface area contributed by atoms with Gasteiger partial charge in [-0.2, -0.15) is 5.26 Å². The summed E-state index contributed by atoms with van der Waals surface area (Å²) >= 11 is 3.45. The van der Waals surface area contributed by atoms with E-state index in [2.05, 4.69) is 58.2 Å². The van der Waals surface area contributed by atoms with Crippen molar-refractivity contribution in [2.24, 2.45) is 0 Å². The molecule has 1 aliphatic heterocycles. The smallest absolute Gasteiger partial charge is 0.0643 e. The van der Waals surface area contributed by atoms with Gasteiger partial charge in [0, 0.05) is 28.8 Å². The molecule has 1 aromatic rings. The zero-order valence-corrected chi connectivity index (χ0v) is 12.4. The molecule has 1 aliphatic rings. The normalized spacial score (nSPS) is 22.6. The molecule has 3 nitrogen and oxygen atoms in total. The Kier molecular flexibility index (Phi) is 3.94. The van der Waals surface area contributed by atoms with Gasteiger partial charge < -0.3 is 10.2 Å². The molecule has 0 saturated carbocycles. The van der Waals surface area contributed by atoms with E-state index in [1.807, 2.05) is 12.1 Å². The maximum absolute atomic E-state index is 8.95. The predicted molar refractivity (Wildman–Crippen MR) is 77.6 cm³/mol. The van der Waals surface area contributed by atoms with Crippen molar-refractivity contribution in [2.45, 2.75) is 31.8 Å². The Morgan fingerprint density at radius 2 is 2.11 bits per heavy atom. The summed E-state index contributed by atoms with van der Waals surface area (Å²) in [5.74, 6) is 0. The van der Waals surface area contributed by atoms with Crippen molar-refractivity contribution in [1.29, 1.82) is 5.26 Å². The van der Waals surface area contributed by atoms with Crippen LogP contribution in [0.25, 0.3) is 0 Å². The van der Waals surface area contributed by atoms with Gasteiger partial charge in [0.05, 0.1) is 18.5 Å². The van der Waals surface area contributed by atoms with E-state index in [1.165, 1.54) is 5.69 Å². The summed E-state index contributed by atoms with van der Waals surface area (Å²) in [6.45, 7) is 6.17. The molecule has 1 atom stereocenters. The van der Waals surface area contributed by atoms with Gasteiger partial charge in [0.15, 0.2) is 0 Å². The molecule has 1 N–H and O–H groups in total. The molecule has 4 heteroatoms. The largest absolute Gasteiger partial charge is 0.364 e. The fraction of sp³-hybridized carbons (Fsp3) is 0.500. The van der Waals surface area contributed by atoms with E-state index in [0.717, 1.165) is 17.6 Å². The minimum Gasteiger partial charge on any atom is -0.364 e. The number of nitrogens with one attached hydrogen (secondary N) is 1. The van der Waals surface area contributed by atoms with Gasteiger partial charge in [-0.15, -0.1) is 0 Å². The number of rotatable bonds is 2. The molecule has 18 heavy (non-hydrogen) atoms. The number of piperazine rings is 1. The topological polar surface area (TPSA) is 39.1 Å². The van der Waals surface area contributed by atoms with Crippen molar-refractivity contribution in [3.8, 4) is 6.07 Å². The van der Waals surface area contributed by atoms with E-state index in [4.69, 9.17) is 5.26 Å². The molecular weight excluding hydrogens is 290 g/mol. The molecule has 2 rings (SSSR count). The van der Waals surface area contributed by atoms with E-state index in [-0.39, 0.29) is 11.6 Å². The first-order valence-corrected chi connectivity index (χ1v) is 6.95. The number of nitrogens with zero attached hydrogens (tertiary/aromatic N) is 2. The summed E-state index contributed by atoms with van der Waals surface area (Å²) in [6, 6.07) is 10.9. The van der Waals surface area contributed by atoms with Crippen LogP contribution in [0.15, 0.2) is 28.7 Å². The third-order valence-electron chi connectivity index (χ3n) is 3.31. The van der Waals surface area contributed by atoms with Crippen molar-refractivity contribution in [3.63, 3.8) is 0 Å². The van der Waals surface area contributed by atoms with Gasteiger partial charge >= 0.3 is 0 Å². The Bertz CT molecular complexity index is 447. The minimum atomic E-state index is 0.0824. The van der Waals surface area contributed by atoms with Crippen LogP contribution >= 0.6 is 15.9 Å². The highest BCUT2D eigenvalue weighted by Crippen LogP contribution is 2.26. The van der Waals surface area contributed by atoms with Crippen LogP contribution in [0.3, 0.4) is 0 Å². The number of benzene rings is 1. The Balaban J connectivity index is 2.24. The van der Waals surface area contributed by atoms with Crippen LogP contribution in [0.1, 0.15) is 20.3 Å². The quantitative estimate of drug-likeness (QED) is 0.913. The van der Waals surface area contributed by atoms with Crippen molar-refractivity contribution in [3.05, 3.63) is 28.7 Å². The second kappa shape index (κ2) is 5.29. The van der Waals surface area contributed by atoms with Gasteiger partial charge in [0.25, 0.3) is 0 Å². The molecule has 1 saturated heterocycles. The molecule has 0 aromatic heterocycles. The standard InChI is InChI=1S/C14H18BrN3/c1-14(2)10-18(13(7-8-16)9-17-14)12-5-3-11(15)4-6-12/h3-6,13,17H,7,9-10H2,1-2H3. The summed E-state index contributed by atoms with van der Waals surface area (Å²) in [5.41, 5.74) is 1.27. The zero-order valence-electron chi connectivity index (χ0n) is 10.8. The first-order chi connectivity index (χ1) is 8.52. The molecule has 0 bridgehead atoms. The Labute approximate surface area is 117 Å². The zero-order chi connectivity index (χ0) is 13.2. The van der Waals surface area contributed by atoms with E-state index in [0.29, 0.717) is 6.42 Å². The first kappa shape index (κ1) is 13.4. The first-order valence-electron chi connectivity index (χ1n) is 6.16. The minimum absolute atomic E-state index is 0.0824. The van der Waals surface area contributed by atoms with Gasteiger partial charge in [-0.3, -0.25) is 0 Å². The van der Waals surface area contributed by atoms with Crippen LogP contribution in [-0.4, -0.2) is 24.7 Å². The van der Waals surface area contributed by atoms with Crippen molar-refractivity contribution in [1.82, 2.24) is 5.32 Å². The van der Waals surface area contributed by atoms with E-state index in [1.54, 1.807) is 0 Å². The van der Waals surface area contributed by atoms with Crippen LogP contribution in [0.5, 0.6) is 0 Å². The van der Waals surface area contributed by atoms with E-state index < -0.39 is 0 Å². The van der Waals surface area contributed by atoms with Crippen molar-refractivity contribution < 1.29 is 0 Å². The lowest BCUT2D eigenvalue weighted by Gasteiger charge is -2.45. The lowest BCUT2D eigenvalue weighted by Crippen LogP contribution is -2.61. The van der Waals surface area contributed by atoms with Gasteiger partial charge in [0.2, 0.25) is 0 Å². The van der Waals surface area contributed by atoms with E-state index in [9.17, 15) is 0 Å². The van der Waals surface area contributed by atoms with Gasteiger partial charge in [-0.25, -0.2) is 0 Å². The van der Waals surface area contributed by atoms with Crippen LogP contribution in [0, 0.1) is 11.3 Å². The van der Waals surface area contributed by atoms with E-state index >= 15 is 0 Å². The monoisotopic (exact) mass is 307 g/mol. The summed E-state index contributed by atoms with van der Waals surface area (Å²) in [7, 11) is 0. The second-order valence-corrected chi connectivity index (χ2v) is 6.30. The average molecular weight is 308 g/mol. The Hall–Kier alpha value is -1.05. The van der Waals surface area contributed by atoms with Gasteiger partial charge in [-0.1, -0.05) is 15.9 Å². The summed E-state index contributed by atoms with van der Waals surface area (Å²) in [5, 5.41) is 12.4. The second-order valence-electron chi connectivity index (χ2n) is 5.39. The Morgan fingerprint density at radius 3 is 2.72 bits per heavy atom. The van der Waals surface area contributed by atoms with Crippen molar-refractivity contribution >= 4 is 21.6 Å². The third-order valence-corrected chi connectivity index (χ3v) is 3.84. The SMILES string of the molecule is CC1(C)CN(c2ccc(Br)cc2)C(CC#N)CN1. The van der Waals surface area contributed by atoms with Crippen molar-refractivity contribution in [2.75, 3.05) is 18.0 Å². The highest BCUT2D eigenvalue weighted by Gasteiger charge is 2.32. The summed E-state index contributed by atoms with van der Waals surface area (Å²) in [6.07, 6.45) is 0.555. The number of anilines is 1. The lowest BCUT2D eigenvalue weighted by atomic mass is 9.97. The number of hydrogen-bond donors (Lipinski definition) is 1. The molecule has 0 radical (unpaired) electrons. The third kappa shape index (κ3) is 3.04. The fourth-order valence-electron chi connectivity index (χ4n) is 2.34. The molecule has 0 aliphatic carbocycles. The summed E-state index contributed by atoms with van der Waals surface area (Å²) < 4.78 is 1.08. The number of nitriles is 1. The molecule has 1 aromatic carbocycles. The maximum Gasteiger partial charge on any atom is 0.0643 e. The highest BCUT2D eigenvalue weighted by molar-refractivity contribution is 9.10. The van der Waals surface area contributed by atoms with Gasteiger partial charge in [-0.05, 0) is 38.1 Å². The highest BCUT2D eigenvalue weighted by atomic mass is 79.9. The molecule has 1 unspecified atom stereocenters. The fourth-order valence-corrected chi connectivity index (χ4v) is 2.60. The molecule has 0 amide bonds. The van der Waals surface area contributed by atoms with Crippen LogP contribution in [-0.2, 0) is 0 Å². The summed E-state index contributed by atoms with van der Waals surface area (Å²) in [4.78, 5) is 2.34. The molecule has 1 fully saturated rings. The molecule has 1 heterocycles. The van der Waals surface area contributed by atoms with Crippen LogP contribution in [0.4, 0.5) is 5.69 Å². The maximum atomic E-state index is 8.95. The molecular formula is C14H18BrN3. The predicted octanol–water partition coefficient (Wildman–Crippen LogP) is 2.92. The molecule has 0 spiro atoms. The molecule has 96 valence electrons. The number of halogens is 1. The average Bonchev–Trinajstić information content (AvgIpc) is 2.32. The van der Waals surface area contributed by atoms with Gasteiger partial charge in [0.1, 0.15) is 0 Å². The Morgan fingerprint density at radius 1 is 1.44 bits per heavy atom. The lowest BCUT2D eigenvalue weighted by molar-refractivity contribution is 0.311.